The van der Waals surface area contributed by atoms with Crippen LogP contribution in [0, 0.1) is 0 Å². The lowest BCUT2D eigenvalue weighted by Gasteiger charge is -2.37. The van der Waals surface area contributed by atoms with Gasteiger partial charge in [0, 0.05) is 32.2 Å². The largest absolute Gasteiger partial charge is 0.339 e. The molecule has 1 atom stereocenters. The van der Waals surface area contributed by atoms with Crippen LogP contribution in [-0.2, 0) is 4.79 Å². The van der Waals surface area contributed by atoms with E-state index >= 15 is 0 Å². The normalized spacial score (nSPS) is 20.2. The van der Waals surface area contributed by atoms with Crippen molar-refractivity contribution < 1.29 is 4.79 Å². The van der Waals surface area contributed by atoms with Crippen molar-refractivity contribution in [3.63, 3.8) is 0 Å². The molecule has 0 aliphatic carbocycles. The average molecular weight is 227 g/mol. The smallest absolute Gasteiger partial charge is 0.239 e. The number of amides is 1. The van der Waals surface area contributed by atoms with Crippen molar-refractivity contribution in [3.8, 4) is 0 Å². The van der Waals surface area contributed by atoms with Crippen LogP contribution in [0.15, 0.2) is 0 Å². The average Bonchev–Trinajstić information content (AvgIpc) is 2.28. The van der Waals surface area contributed by atoms with Crippen molar-refractivity contribution in [2.24, 2.45) is 5.73 Å². The molecule has 16 heavy (non-hydrogen) atoms. The first-order valence-corrected chi connectivity index (χ1v) is 6.34. The summed E-state index contributed by atoms with van der Waals surface area (Å²) < 4.78 is 0. The molecule has 1 amide bonds. The van der Waals surface area contributed by atoms with Crippen LogP contribution < -0.4 is 5.73 Å². The Morgan fingerprint density at radius 1 is 1.25 bits per heavy atom. The summed E-state index contributed by atoms with van der Waals surface area (Å²) in [5.74, 6) is 0.130. The highest BCUT2D eigenvalue weighted by molar-refractivity contribution is 5.81. The van der Waals surface area contributed by atoms with Crippen molar-refractivity contribution in [1.82, 2.24) is 9.80 Å². The molecule has 0 radical (unpaired) electrons. The van der Waals surface area contributed by atoms with E-state index < -0.39 is 0 Å². The van der Waals surface area contributed by atoms with Crippen molar-refractivity contribution in [2.75, 3.05) is 26.2 Å². The molecule has 0 aromatic rings. The number of piperazine rings is 1. The fraction of sp³-hybridized carbons (Fsp3) is 0.917. The third-order valence-corrected chi connectivity index (χ3v) is 3.27. The van der Waals surface area contributed by atoms with Crippen LogP contribution in [0.25, 0.3) is 0 Å². The molecule has 1 aliphatic rings. The lowest BCUT2D eigenvalue weighted by atomic mass is 10.1. The number of nitrogens with zero attached hydrogens (tertiary/aromatic N) is 2. The molecule has 2 N–H and O–H groups in total. The van der Waals surface area contributed by atoms with Gasteiger partial charge in [-0.05, 0) is 20.3 Å². The maximum absolute atomic E-state index is 11.9. The first-order chi connectivity index (χ1) is 7.56. The Bertz CT molecular complexity index is 222. The van der Waals surface area contributed by atoms with Gasteiger partial charge in [0.05, 0.1) is 6.04 Å². The third kappa shape index (κ3) is 3.46. The van der Waals surface area contributed by atoms with Gasteiger partial charge < -0.3 is 10.6 Å². The van der Waals surface area contributed by atoms with Crippen LogP contribution >= 0.6 is 0 Å². The van der Waals surface area contributed by atoms with E-state index in [-0.39, 0.29) is 11.9 Å². The second kappa shape index (κ2) is 6.21. The number of hydrogen-bond donors (Lipinski definition) is 1. The molecule has 0 saturated carbocycles. The number of carbonyl (C=O) groups excluding carboxylic acids is 1. The minimum atomic E-state index is -0.296. The molecule has 0 spiro atoms. The van der Waals surface area contributed by atoms with Gasteiger partial charge >= 0.3 is 0 Å². The van der Waals surface area contributed by atoms with Gasteiger partial charge in [0.25, 0.3) is 0 Å². The fourth-order valence-corrected chi connectivity index (χ4v) is 2.13. The molecule has 1 heterocycles. The standard InChI is InChI=1S/C12H25N3O/c1-4-5-11(13)12(16)15-8-6-14(7-9-15)10(2)3/h10-11H,4-9,13H2,1-3H3/t11-/m1/s1. The molecular formula is C12H25N3O. The topological polar surface area (TPSA) is 49.6 Å². The van der Waals surface area contributed by atoms with E-state index in [9.17, 15) is 4.79 Å². The van der Waals surface area contributed by atoms with Gasteiger partial charge in [-0.15, -0.1) is 0 Å². The lowest BCUT2D eigenvalue weighted by Crippen LogP contribution is -2.54. The molecule has 1 saturated heterocycles. The van der Waals surface area contributed by atoms with Gasteiger partial charge in [-0.2, -0.15) is 0 Å². The Hall–Kier alpha value is -0.610. The van der Waals surface area contributed by atoms with Crippen LogP contribution in [0.5, 0.6) is 0 Å². The van der Waals surface area contributed by atoms with E-state index in [0.29, 0.717) is 6.04 Å². The Morgan fingerprint density at radius 2 is 1.81 bits per heavy atom. The van der Waals surface area contributed by atoms with Crippen LogP contribution in [0.3, 0.4) is 0 Å². The summed E-state index contributed by atoms with van der Waals surface area (Å²) in [6, 6.07) is 0.275. The second-order valence-corrected chi connectivity index (χ2v) is 4.85. The Balaban J connectivity index is 2.38. The molecular weight excluding hydrogens is 202 g/mol. The van der Waals surface area contributed by atoms with Gasteiger partial charge in [0.2, 0.25) is 5.91 Å². The number of carbonyl (C=O) groups is 1. The van der Waals surface area contributed by atoms with E-state index in [2.05, 4.69) is 25.7 Å². The molecule has 1 rings (SSSR count). The first kappa shape index (κ1) is 13.5. The fourth-order valence-electron chi connectivity index (χ4n) is 2.13. The molecule has 0 bridgehead atoms. The molecule has 4 heteroatoms. The minimum Gasteiger partial charge on any atom is -0.339 e. The molecule has 0 aromatic carbocycles. The maximum atomic E-state index is 11.9. The molecule has 94 valence electrons. The summed E-state index contributed by atoms with van der Waals surface area (Å²) in [5, 5.41) is 0. The molecule has 1 aliphatic heterocycles. The van der Waals surface area contributed by atoms with Crippen LogP contribution in [0.4, 0.5) is 0 Å². The zero-order valence-electron chi connectivity index (χ0n) is 10.8. The third-order valence-electron chi connectivity index (χ3n) is 3.27. The monoisotopic (exact) mass is 227 g/mol. The molecule has 0 aromatic heterocycles. The van der Waals surface area contributed by atoms with Crippen molar-refractivity contribution in [1.29, 1.82) is 0 Å². The summed E-state index contributed by atoms with van der Waals surface area (Å²) in [6.07, 6.45) is 1.77. The van der Waals surface area contributed by atoms with E-state index in [4.69, 9.17) is 5.73 Å². The van der Waals surface area contributed by atoms with Crippen LogP contribution in [-0.4, -0.2) is 54.0 Å². The van der Waals surface area contributed by atoms with Gasteiger partial charge in [-0.3, -0.25) is 9.69 Å². The lowest BCUT2D eigenvalue weighted by molar-refractivity contribution is -0.134. The van der Waals surface area contributed by atoms with E-state index in [1.165, 1.54) is 0 Å². The molecule has 1 fully saturated rings. The Labute approximate surface area is 98.8 Å². The molecule has 0 unspecified atom stereocenters. The predicted octanol–water partition coefficient (Wildman–Crippen LogP) is 0.666. The number of nitrogens with two attached hydrogens (primary N) is 1. The van der Waals surface area contributed by atoms with Crippen molar-refractivity contribution in [2.45, 2.75) is 45.7 Å². The highest BCUT2D eigenvalue weighted by Crippen LogP contribution is 2.08. The Morgan fingerprint density at radius 3 is 2.25 bits per heavy atom. The van der Waals surface area contributed by atoms with Gasteiger partial charge in [0.15, 0.2) is 0 Å². The van der Waals surface area contributed by atoms with Crippen LogP contribution in [0.2, 0.25) is 0 Å². The van der Waals surface area contributed by atoms with Crippen LogP contribution in [0.1, 0.15) is 33.6 Å². The molecule has 4 nitrogen and oxygen atoms in total. The van der Waals surface area contributed by atoms with E-state index in [1.807, 2.05) is 4.90 Å². The van der Waals surface area contributed by atoms with E-state index in [1.54, 1.807) is 0 Å². The zero-order valence-corrected chi connectivity index (χ0v) is 10.8. The SMILES string of the molecule is CCC[C@@H](N)C(=O)N1CCN(C(C)C)CC1. The second-order valence-electron chi connectivity index (χ2n) is 4.85. The summed E-state index contributed by atoms with van der Waals surface area (Å²) in [7, 11) is 0. The number of hydrogen-bond acceptors (Lipinski definition) is 3. The van der Waals surface area contributed by atoms with Crippen molar-refractivity contribution in [3.05, 3.63) is 0 Å². The summed E-state index contributed by atoms with van der Waals surface area (Å²) in [6.45, 7) is 10.1. The first-order valence-electron chi connectivity index (χ1n) is 6.34. The maximum Gasteiger partial charge on any atom is 0.239 e. The van der Waals surface area contributed by atoms with Gasteiger partial charge in [-0.25, -0.2) is 0 Å². The Kier molecular flexibility index (Phi) is 5.22. The summed E-state index contributed by atoms with van der Waals surface area (Å²) in [5.41, 5.74) is 5.85. The summed E-state index contributed by atoms with van der Waals surface area (Å²) in [4.78, 5) is 16.3. The highest BCUT2D eigenvalue weighted by atomic mass is 16.2. The highest BCUT2D eigenvalue weighted by Gasteiger charge is 2.25. The van der Waals surface area contributed by atoms with Crippen molar-refractivity contribution >= 4 is 5.91 Å². The zero-order chi connectivity index (χ0) is 12.1. The minimum absolute atomic E-state index is 0.130. The van der Waals surface area contributed by atoms with E-state index in [0.717, 1.165) is 39.0 Å². The predicted molar refractivity (Wildman–Crippen MR) is 66.2 cm³/mol. The number of rotatable bonds is 4. The van der Waals surface area contributed by atoms with Gasteiger partial charge in [0.1, 0.15) is 0 Å². The quantitative estimate of drug-likeness (QED) is 0.768. The summed E-state index contributed by atoms with van der Waals surface area (Å²) >= 11 is 0. The van der Waals surface area contributed by atoms with Gasteiger partial charge in [-0.1, -0.05) is 13.3 Å².